The fourth-order valence-corrected chi connectivity index (χ4v) is 4.42. The second kappa shape index (κ2) is 6.85. The monoisotopic (exact) mass is 368 g/mol. The van der Waals surface area contributed by atoms with Crippen LogP contribution in [0.4, 0.5) is 0 Å². The van der Waals surface area contributed by atoms with Crippen molar-refractivity contribution in [1.82, 2.24) is 19.8 Å². The molecule has 1 aromatic carbocycles. The number of fused-ring (bicyclic) bond motifs is 1. The largest absolute Gasteiger partial charge is 0.358 e. The number of hydrogen-bond acceptors (Lipinski definition) is 4. The Morgan fingerprint density at radius 1 is 1.23 bits per heavy atom. The second-order valence-electron chi connectivity index (χ2n) is 7.01. The van der Waals surface area contributed by atoms with Crippen molar-refractivity contribution < 1.29 is 4.79 Å². The van der Waals surface area contributed by atoms with Crippen LogP contribution in [0.3, 0.4) is 0 Å². The lowest BCUT2D eigenvalue weighted by Gasteiger charge is -2.37. The highest BCUT2D eigenvalue weighted by atomic mass is 32.1. The fourth-order valence-electron chi connectivity index (χ4n) is 3.69. The molecule has 0 aliphatic carbocycles. The number of H-pyrrole nitrogens is 1. The Hall–Kier alpha value is -2.18. The molecular formula is C20H24N4OS. The molecule has 2 aromatic heterocycles. The van der Waals surface area contributed by atoms with Crippen molar-refractivity contribution in [1.29, 1.82) is 0 Å². The summed E-state index contributed by atoms with van der Waals surface area (Å²) >= 11 is 1.70. The number of thiazole rings is 1. The van der Waals surface area contributed by atoms with E-state index in [1.165, 1.54) is 5.56 Å². The lowest BCUT2D eigenvalue weighted by Crippen LogP contribution is -2.49. The molecule has 0 radical (unpaired) electrons. The highest BCUT2D eigenvalue weighted by Gasteiger charge is 2.26. The predicted molar refractivity (Wildman–Crippen MR) is 106 cm³/mol. The molecular weight excluding hydrogens is 344 g/mol. The van der Waals surface area contributed by atoms with Gasteiger partial charge in [0, 0.05) is 59.9 Å². The van der Waals surface area contributed by atoms with Crippen LogP contribution < -0.4 is 0 Å². The number of piperazine rings is 1. The van der Waals surface area contributed by atoms with Gasteiger partial charge in [0.2, 0.25) is 0 Å². The minimum absolute atomic E-state index is 0.131. The van der Waals surface area contributed by atoms with Crippen molar-refractivity contribution in [2.45, 2.75) is 26.8 Å². The molecule has 0 bridgehead atoms. The molecule has 1 amide bonds. The third-order valence-corrected chi connectivity index (χ3v) is 6.46. The van der Waals surface area contributed by atoms with Gasteiger partial charge in [-0.25, -0.2) is 4.98 Å². The zero-order valence-corrected chi connectivity index (χ0v) is 16.3. The Bertz CT molecular complexity index is 923. The van der Waals surface area contributed by atoms with E-state index in [2.05, 4.69) is 35.6 Å². The zero-order chi connectivity index (χ0) is 18.3. The van der Waals surface area contributed by atoms with Crippen LogP contribution in [-0.2, 0) is 0 Å². The first-order chi connectivity index (χ1) is 12.5. The number of amides is 1. The summed E-state index contributed by atoms with van der Waals surface area (Å²) in [4.78, 5) is 25.1. The number of aromatic amines is 1. The predicted octanol–water partition coefficient (Wildman–Crippen LogP) is 3.76. The summed E-state index contributed by atoms with van der Waals surface area (Å²) in [5, 5.41) is 4.31. The fraction of sp³-hybridized carbons (Fsp3) is 0.400. The number of hydrogen-bond donors (Lipinski definition) is 1. The molecule has 1 aliphatic rings. The molecule has 26 heavy (non-hydrogen) atoms. The number of carbonyl (C=O) groups excluding carboxylic acids is 1. The molecule has 1 atom stereocenters. The summed E-state index contributed by atoms with van der Waals surface area (Å²) in [6.45, 7) is 9.66. The Morgan fingerprint density at radius 2 is 2.00 bits per heavy atom. The number of benzene rings is 1. The Labute approximate surface area is 157 Å². The molecule has 4 rings (SSSR count). The number of nitrogens with zero attached hydrogens (tertiary/aromatic N) is 3. The SMILES string of the molecule is Cc1[nH]c2ccc(C(=O)N3CCN(C(C)c4nccs4)CC3)cc2c1C. The van der Waals surface area contributed by atoms with Crippen LogP contribution in [0.1, 0.15) is 39.6 Å². The quantitative estimate of drug-likeness (QED) is 0.766. The average molecular weight is 369 g/mol. The Morgan fingerprint density at radius 3 is 2.69 bits per heavy atom. The molecule has 6 heteroatoms. The number of aromatic nitrogens is 2. The standard InChI is InChI=1S/C20H24N4OS/c1-13-14(2)22-18-5-4-16(12-17(13)18)20(25)24-9-7-23(8-10-24)15(3)19-21-6-11-26-19/h4-6,11-12,15,22H,7-10H2,1-3H3. The van der Waals surface area contributed by atoms with Gasteiger partial charge in [-0.3, -0.25) is 9.69 Å². The maximum absolute atomic E-state index is 13.0. The van der Waals surface area contributed by atoms with E-state index >= 15 is 0 Å². The summed E-state index contributed by atoms with van der Waals surface area (Å²) in [5.41, 5.74) is 4.26. The van der Waals surface area contributed by atoms with Crippen molar-refractivity contribution in [3.05, 3.63) is 51.6 Å². The first kappa shape index (κ1) is 17.2. The van der Waals surface area contributed by atoms with Crippen molar-refractivity contribution in [3.8, 4) is 0 Å². The van der Waals surface area contributed by atoms with Gasteiger partial charge in [-0.05, 0) is 44.5 Å². The molecule has 0 saturated carbocycles. The number of rotatable bonds is 3. The lowest BCUT2D eigenvalue weighted by atomic mass is 10.1. The molecule has 1 N–H and O–H groups in total. The molecule has 1 fully saturated rings. The minimum atomic E-state index is 0.131. The summed E-state index contributed by atoms with van der Waals surface area (Å²) in [6.07, 6.45) is 1.86. The molecule has 3 aromatic rings. The molecule has 1 saturated heterocycles. The summed E-state index contributed by atoms with van der Waals surface area (Å²) < 4.78 is 0. The van der Waals surface area contributed by atoms with Crippen LogP contribution in [0.25, 0.3) is 10.9 Å². The van der Waals surface area contributed by atoms with Crippen molar-refractivity contribution in [2.75, 3.05) is 26.2 Å². The van der Waals surface area contributed by atoms with E-state index in [9.17, 15) is 4.79 Å². The maximum Gasteiger partial charge on any atom is 0.253 e. The van der Waals surface area contributed by atoms with Crippen LogP contribution in [-0.4, -0.2) is 51.9 Å². The van der Waals surface area contributed by atoms with Crippen LogP contribution in [0, 0.1) is 13.8 Å². The van der Waals surface area contributed by atoms with E-state index < -0.39 is 0 Å². The second-order valence-corrected chi connectivity index (χ2v) is 7.94. The van der Waals surface area contributed by atoms with Crippen molar-refractivity contribution in [3.63, 3.8) is 0 Å². The zero-order valence-electron chi connectivity index (χ0n) is 15.5. The number of carbonyl (C=O) groups is 1. The summed E-state index contributed by atoms with van der Waals surface area (Å²) in [7, 11) is 0. The molecule has 5 nitrogen and oxygen atoms in total. The van der Waals surface area contributed by atoms with Gasteiger partial charge in [0.05, 0.1) is 6.04 Å². The van der Waals surface area contributed by atoms with Crippen molar-refractivity contribution >= 4 is 28.1 Å². The van der Waals surface area contributed by atoms with Crippen LogP contribution in [0.5, 0.6) is 0 Å². The molecule has 1 aliphatic heterocycles. The average Bonchev–Trinajstić information content (AvgIpc) is 3.30. The summed E-state index contributed by atoms with van der Waals surface area (Å²) in [5.74, 6) is 0.131. The van der Waals surface area contributed by atoms with Gasteiger partial charge >= 0.3 is 0 Å². The van der Waals surface area contributed by atoms with E-state index in [1.54, 1.807) is 11.3 Å². The Balaban J connectivity index is 1.46. The Kier molecular flexibility index (Phi) is 4.54. The van der Waals surface area contributed by atoms with Gasteiger partial charge in [0.15, 0.2) is 0 Å². The van der Waals surface area contributed by atoms with Crippen LogP contribution in [0.15, 0.2) is 29.8 Å². The van der Waals surface area contributed by atoms with Crippen LogP contribution in [0.2, 0.25) is 0 Å². The third-order valence-electron chi connectivity index (χ3n) is 5.51. The topological polar surface area (TPSA) is 52.2 Å². The molecule has 3 heterocycles. The summed E-state index contributed by atoms with van der Waals surface area (Å²) in [6, 6.07) is 6.30. The van der Waals surface area contributed by atoms with E-state index in [4.69, 9.17) is 0 Å². The highest BCUT2D eigenvalue weighted by Crippen LogP contribution is 2.25. The lowest BCUT2D eigenvalue weighted by molar-refractivity contribution is 0.0582. The molecule has 0 spiro atoms. The molecule has 1 unspecified atom stereocenters. The van der Waals surface area contributed by atoms with Gasteiger partial charge in [-0.2, -0.15) is 0 Å². The highest BCUT2D eigenvalue weighted by molar-refractivity contribution is 7.09. The van der Waals surface area contributed by atoms with Crippen molar-refractivity contribution in [2.24, 2.45) is 0 Å². The first-order valence-electron chi connectivity index (χ1n) is 9.06. The smallest absolute Gasteiger partial charge is 0.253 e. The first-order valence-corrected chi connectivity index (χ1v) is 9.94. The van der Waals surface area contributed by atoms with E-state index in [0.717, 1.165) is 53.3 Å². The van der Waals surface area contributed by atoms with E-state index in [1.807, 2.05) is 34.7 Å². The van der Waals surface area contributed by atoms with Gasteiger partial charge < -0.3 is 9.88 Å². The number of nitrogens with one attached hydrogen (secondary N) is 1. The van der Waals surface area contributed by atoms with Gasteiger partial charge in [0.1, 0.15) is 5.01 Å². The minimum Gasteiger partial charge on any atom is -0.358 e. The van der Waals surface area contributed by atoms with E-state index in [-0.39, 0.29) is 5.91 Å². The molecule has 136 valence electrons. The number of aryl methyl sites for hydroxylation is 2. The maximum atomic E-state index is 13.0. The van der Waals surface area contributed by atoms with Gasteiger partial charge in [0.25, 0.3) is 5.91 Å². The van der Waals surface area contributed by atoms with Gasteiger partial charge in [-0.15, -0.1) is 11.3 Å². The van der Waals surface area contributed by atoms with Crippen LogP contribution >= 0.6 is 11.3 Å². The van der Waals surface area contributed by atoms with E-state index in [0.29, 0.717) is 6.04 Å². The third kappa shape index (κ3) is 3.04. The normalized spacial score (nSPS) is 17.0. The van der Waals surface area contributed by atoms with Gasteiger partial charge in [-0.1, -0.05) is 0 Å².